The first-order valence-corrected chi connectivity index (χ1v) is 7.52. The minimum atomic E-state index is 0.206. The molecule has 2 aromatic rings. The monoisotopic (exact) mass is 283 g/mol. The van der Waals surface area contributed by atoms with Crippen LogP contribution in [0.2, 0.25) is 0 Å². The molecule has 1 aromatic carbocycles. The van der Waals surface area contributed by atoms with Gasteiger partial charge in [-0.2, -0.15) is 0 Å². The second-order valence-corrected chi connectivity index (χ2v) is 5.79. The van der Waals surface area contributed by atoms with Crippen LogP contribution in [0.3, 0.4) is 0 Å². The maximum absolute atomic E-state index is 5.87. The number of hydrogen-bond donors (Lipinski definition) is 1. The first-order chi connectivity index (χ1) is 10.1. The summed E-state index contributed by atoms with van der Waals surface area (Å²) in [6.45, 7) is 5.17. The van der Waals surface area contributed by atoms with Crippen LogP contribution in [0.5, 0.6) is 0 Å². The molecule has 1 heterocycles. The van der Waals surface area contributed by atoms with Crippen molar-refractivity contribution >= 4 is 5.69 Å². The molecule has 2 rings (SSSR count). The molecule has 0 spiro atoms. The van der Waals surface area contributed by atoms with E-state index in [1.807, 2.05) is 25.3 Å². The predicted molar refractivity (Wildman–Crippen MR) is 89.7 cm³/mol. The molecule has 0 amide bonds. The number of aromatic nitrogens is 1. The van der Waals surface area contributed by atoms with Gasteiger partial charge in [0.2, 0.25) is 0 Å². The number of nitrogens with two attached hydrogens (primary N) is 1. The van der Waals surface area contributed by atoms with E-state index in [0.29, 0.717) is 0 Å². The molecule has 0 aliphatic rings. The molecule has 0 saturated carbocycles. The van der Waals surface area contributed by atoms with Crippen molar-refractivity contribution in [2.24, 2.45) is 5.73 Å². The van der Waals surface area contributed by atoms with E-state index in [1.54, 1.807) is 0 Å². The minimum Gasteiger partial charge on any atom is -0.374 e. The summed E-state index contributed by atoms with van der Waals surface area (Å²) in [5, 5.41) is 0. The Hall–Kier alpha value is -1.87. The van der Waals surface area contributed by atoms with Crippen LogP contribution in [0.4, 0.5) is 5.69 Å². The van der Waals surface area contributed by atoms with Gasteiger partial charge in [-0.3, -0.25) is 4.98 Å². The van der Waals surface area contributed by atoms with Gasteiger partial charge in [-0.1, -0.05) is 18.2 Å². The summed E-state index contributed by atoms with van der Waals surface area (Å²) in [6, 6.07) is 12.9. The Balaban J connectivity index is 2.00. The maximum Gasteiger partial charge on any atom is 0.0421 e. The number of likely N-dealkylation sites (N-methyl/N-ethyl adjacent to an activating group) is 1. The Morgan fingerprint density at radius 1 is 1.24 bits per heavy atom. The van der Waals surface area contributed by atoms with Gasteiger partial charge >= 0.3 is 0 Å². The third kappa shape index (κ3) is 4.57. The van der Waals surface area contributed by atoms with Crippen molar-refractivity contribution in [2.75, 3.05) is 18.5 Å². The molecule has 112 valence electrons. The van der Waals surface area contributed by atoms with E-state index in [0.717, 1.165) is 25.1 Å². The zero-order valence-corrected chi connectivity index (χ0v) is 13.2. The third-order valence-corrected chi connectivity index (χ3v) is 3.66. The van der Waals surface area contributed by atoms with E-state index in [1.165, 1.54) is 16.8 Å². The minimum absolute atomic E-state index is 0.206. The Labute approximate surface area is 127 Å². The highest BCUT2D eigenvalue weighted by atomic mass is 15.1. The van der Waals surface area contributed by atoms with E-state index < -0.39 is 0 Å². The fourth-order valence-corrected chi connectivity index (χ4v) is 2.59. The van der Waals surface area contributed by atoms with Gasteiger partial charge in [0.25, 0.3) is 0 Å². The van der Waals surface area contributed by atoms with Gasteiger partial charge in [-0.15, -0.1) is 0 Å². The maximum atomic E-state index is 5.87. The number of pyridine rings is 1. The molecule has 0 bridgehead atoms. The van der Waals surface area contributed by atoms with Crippen molar-refractivity contribution in [3.63, 3.8) is 0 Å². The van der Waals surface area contributed by atoms with Crippen LogP contribution < -0.4 is 10.6 Å². The average Bonchev–Trinajstić information content (AvgIpc) is 2.45. The second kappa shape index (κ2) is 7.23. The predicted octanol–water partition coefficient (Wildman–Crippen LogP) is 2.96. The van der Waals surface area contributed by atoms with Gasteiger partial charge in [0.1, 0.15) is 0 Å². The summed E-state index contributed by atoms with van der Waals surface area (Å²) in [6.07, 6.45) is 3.74. The molecule has 0 saturated heterocycles. The Morgan fingerprint density at radius 2 is 2.05 bits per heavy atom. The quantitative estimate of drug-likeness (QED) is 0.886. The lowest BCUT2D eigenvalue weighted by atomic mass is 10.0. The molecule has 21 heavy (non-hydrogen) atoms. The molecule has 1 aromatic heterocycles. The third-order valence-electron chi connectivity index (χ3n) is 3.66. The van der Waals surface area contributed by atoms with Gasteiger partial charge < -0.3 is 10.6 Å². The van der Waals surface area contributed by atoms with Crippen LogP contribution in [-0.4, -0.2) is 24.6 Å². The van der Waals surface area contributed by atoms with Crippen molar-refractivity contribution in [1.82, 2.24) is 4.98 Å². The summed E-state index contributed by atoms with van der Waals surface area (Å²) in [7, 11) is 2.14. The topological polar surface area (TPSA) is 42.1 Å². The Morgan fingerprint density at radius 3 is 2.67 bits per heavy atom. The van der Waals surface area contributed by atoms with Crippen LogP contribution in [0.25, 0.3) is 0 Å². The molecule has 0 radical (unpaired) electrons. The van der Waals surface area contributed by atoms with Crippen molar-refractivity contribution in [1.29, 1.82) is 0 Å². The van der Waals surface area contributed by atoms with E-state index in [4.69, 9.17) is 5.73 Å². The standard InChI is InChI=1S/C18H25N3/c1-14-12-16(13-15(2)19)7-8-18(14)21(3)11-9-17-6-4-5-10-20-17/h4-8,10,12,15H,9,11,13,19H2,1-3H3. The normalized spacial score (nSPS) is 12.2. The SMILES string of the molecule is Cc1cc(CC(C)N)ccc1N(C)CCc1ccccn1. The molecular formula is C18H25N3. The molecule has 1 unspecified atom stereocenters. The highest BCUT2D eigenvalue weighted by Crippen LogP contribution is 2.21. The molecule has 0 aliphatic carbocycles. The number of aryl methyl sites for hydroxylation is 1. The number of anilines is 1. The van der Waals surface area contributed by atoms with E-state index in [2.05, 4.69) is 48.1 Å². The van der Waals surface area contributed by atoms with Crippen molar-refractivity contribution in [3.05, 3.63) is 59.4 Å². The Bertz CT molecular complexity index is 564. The lowest BCUT2D eigenvalue weighted by Crippen LogP contribution is -2.22. The molecule has 2 N–H and O–H groups in total. The lowest BCUT2D eigenvalue weighted by molar-refractivity contribution is 0.737. The van der Waals surface area contributed by atoms with Crippen LogP contribution in [0.1, 0.15) is 23.7 Å². The molecular weight excluding hydrogens is 258 g/mol. The molecule has 0 aliphatic heterocycles. The van der Waals surface area contributed by atoms with Crippen LogP contribution >= 0.6 is 0 Å². The van der Waals surface area contributed by atoms with Gasteiger partial charge in [-0.05, 0) is 49.6 Å². The summed E-state index contributed by atoms with van der Waals surface area (Å²) in [5.41, 5.74) is 10.9. The average molecular weight is 283 g/mol. The number of benzene rings is 1. The fourth-order valence-electron chi connectivity index (χ4n) is 2.59. The van der Waals surface area contributed by atoms with Crippen LogP contribution in [0, 0.1) is 6.92 Å². The largest absolute Gasteiger partial charge is 0.374 e. The number of rotatable bonds is 6. The van der Waals surface area contributed by atoms with Gasteiger partial charge in [0.15, 0.2) is 0 Å². The number of nitrogens with zero attached hydrogens (tertiary/aromatic N) is 2. The molecule has 0 fully saturated rings. The van der Waals surface area contributed by atoms with Crippen molar-refractivity contribution in [2.45, 2.75) is 32.7 Å². The van der Waals surface area contributed by atoms with Gasteiger partial charge in [-0.25, -0.2) is 0 Å². The fraction of sp³-hybridized carbons (Fsp3) is 0.389. The first kappa shape index (κ1) is 15.5. The second-order valence-electron chi connectivity index (χ2n) is 5.79. The van der Waals surface area contributed by atoms with Crippen molar-refractivity contribution in [3.8, 4) is 0 Å². The van der Waals surface area contributed by atoms with Crippen molar-refractivity contribution < 1.29 is 0 Å². The number of hydrogen-bond acceptors (Lipinski definition) is 3. The molecule has 3 heteroatoms. The summed E-state index contributed by atoms with van der Waals surface area (Å²) < 4.78 is 0. The van der Waals surface area contributed by atoms with Crippen LogP contribution in [0.15, 0.2) is 42.6 Å². The summed E-state index contributed by atoms with van der Waals surface area (Å²) in [4.78, 5) is 6.66. The van der Waals surface area contributed by atoms with Crippen LogP contribution in [-0.2, 0) is 12.8 Å². The first-order valence-electron chi connectivity index (χ1n) is 7.52. The van der Waals surface area contributed by atoms with Gasteiger partial charge in [0.05, 0.1) is 0 Å². The van der Waals surface area contributed by atoms with E-state index in [9.17, 15) is 0 Å². The zero-order valence-electron chi connectivity index (χ0n) is 13.2. The highest BCUT2D eigenvalue weighted by molar-refractivity contribution is 5.54. The molecule has 1 atom stereocenters. The summed E-state index contributed by atoms with van der Waals surface area (Å²) in [5.74, 6) is 0. The summed E-state index contributed by atoms with van der Waals surface area (Å²) >= 11 is 0. The highest BCUT2D eigenvalue weighted by Gasteiger charge is 2.07. The van der Waals surface area contributed by atoms with Gasteiger partial charge in [0, 0.05) is 43.6 Å². The molecule has 3 nitrogen and oxygen atoms in total. The Kier molecular flexibility index (Phi) is 5.34. The lowest BCUT2D eigenvalue weighted by Gasteiger charge is -2.22. The van der Waals surface area contributed by atoms with E-state index in [-0.39, 0.29) is 6.04 Å². The smallest absolute Gasteiger partial charge is 0.0421 e. The van der Waals surface area contributed by atoms with E-state index >= 15 is 0 Å². The zero-order chi connectivity index (χ0) is 15.2.